The van der Waals surface area contributed by atoms with Crippen LogP contribution in [0.5, 0.6) is 0 Å². The first-order chi connectivity index (χ1) is 21.0. The summed E-state index contributed by atoms with van der Waals surface area (Å²) in [5, 5.41) is 9.11. The highest BCUT2D eigenvalue weighted by atomic mass is 35.5. The number of para-hydroxylation sites is 3. The van der Waals surface area contributed by atoms with Crippen molar-refractivity contribution in [3.8, 4) is 5.69 Å². The number of aromatic nitrogens is 2. The molecule has 0 fully saturated rings. The lowest BCUT2D eigenvalue weighted by atomic mass is 9.93. The molecule has 3 heterocycles. The zero-order chi connectivity index (χ0) is 29.5. The number of rotatable bonds is 5. The highest BCUT2D eigenvalue weighted by molar-refractivity contribution is 6.51. The Bertz CT molecular complexity index is 1900. The molecule has 1 aromatic heterocycles. The first kappa shape index (κ1) is 26.7. The van der Waals surface area contributed by atoms with Gasteiger partial charge in [0.2, 0.25) is 0 Å². The van der Waals surface area contributed by atoms with Gasteiger partial charge < -0.3 is 15.0 Å². The number of aliphatic imine (C=N–C) groups is 2. The monoisotopic (exact) mass is 586 g/mol. The number of hydrogen-bond donors (Lipinski definition) is 1. The molecule has 7 rings (SSSR count). The van der Waals surface area contributed by atoms with E-state index < -0.39 is 0 Å². The van der Waals surface area contributed by atoms with E-state index in [9.17, 15) is 4.79 Å². The molecule has 2 aliphatic rings. The van der Waals surface area contributed by atoms with Crippen molar-refractivity contribution in [2.45, 2.75) is 19.9 Å². The fraction of sp³-hybridized carbons (Fsp3) is 0.118. The molecule has 1 atom stereocenters. The minimum atomic E-state index is -0.358. The van der Waals surface area contributed by atoms with E-state index in [4.69, 9.17) is 31.4 Å². The van der Waals surface area contributed by atoms with Crippen molar-refractivity contribution < 1.29 is 9.53 Å². The highest BCUT2D eigenvalue weighted by Crippen LogP contribution is 2.48. The normalized spacial score (nSPS) is 15.0. The number of ether oxygens (including phenoxy) is 1. The third-order valence-corrected chi connectivity index (χ3v) is 7.74. The van der Waals surface area contributed by atoms with Gasteiger partial charge in [-0.3, -0.25) is 0 Å². The molecule has 2 aliphatic heterocycles. The summed E-state index contributed by atoms with van der Waals surface area (Å²) < 4.78 is 7.04. The number of benzene rings is 4. The summed E-state index contributed by atoms with van der Waals surface area (Å²) in [4.78, 5) is 24.7. The second kappa shape index (κ2) is 10.9. The minimum Gasteiger partial charge on any atom is -0.462 e. The van der Waals surface area contributed by atoms with Gasteiger partial charge in [-0.1, -0.05) is 54.1 Å². The van der Waals surface area contributed by atoms with Crippen molar-refractivity contribution in [3.63, 3.8) is 0 Å². The number of nitrogens with zero attached hydrogens (tertiary/aromatic N) is 5. The molecule has 0 spiro atoms. The lowest BCUT2D eigenvalue weighted by Crippen LogP contribution is -2.46. The summed E-state index contributed by atoms with van der Waals surface area (Å²) in [5.74, 6) is 1.61. The van der Waals surface area contributed by atoms with Crippen LogP contribution in [0.2, 0.25) is 5.02 Å². The molecule has 5 aromatic rings. The Balaban J connectivity index is 1.41. The smallest absolute Gasteiger partial charge is 0.338 e. The van der Waals surface area contributed by atoms with Gasteiger partial charge in [-0.25, -0.2) is 19.5 Å². The maximum absolute atomic E-state index is 12.2. The number of fused-ring (bicyclic) bond motifs is 4. The van der Waals surface area contributed by atoms with Crippen LogP contribution in [-0.2, 0) is 4.74 Å². The van der Waals surface area contributed by atoms with E-state index >= 15 is 0 Å². The Labute approximate surface area is 253 Å². The topological polar surface area (TPSA) is 84.1 Å². The Morgan fingerprint density at radius 3 is 2.37 bits per heavy atom. The van der Waals surface area contributed by atoms with Crippen LogP contribution in [0.25, 0.3) is 5.69 Å². The number of hydrogen-bond acceptors (Lipinski definition) is 7. The highest BCUT2D eigenvalue weighted by Gasteiger charge is 2.41. The van der Waals surface area contributed by atoms with E-state index in [1.807, 2.05) is 84.4 Å². The van der Waals surface area contributed by atoms with Crippen molar-refractivity contribution in [1.82, 2.24) is 9.78 Å². The number of esters is 1. The molecule has 0 saturated carbocycles. The largest absolute Gasteiger partial charge is 0.462 e. The molecule has 9 heteroatoms. The Kier molecular flexibility index (Phi) is 6.75. The Morgan fingerprint density at radius 2 is 1.63 bits per heavy atom. The van der Waals surface area contributed by atoms with Gasteiger partial charge in [0.15, 0.2) is 17.5 Å². The van der Waals surface area contributed by atoms with E-state index in [2.05, 4.69) is 28.4 Å². The van der Waals surface area contributed by atoms with Crippen LogP contribution in [0.15, 0.2) is 113 Å². The zero-order valence-corrected chi connectivity index (χ0v) is 24.3. The Hall–Kier alpha value is -5.21. The number of carbonyl (C=O) groups excluding carboxylic acids is 1. The van der Waals surface area contributed by atoms with E-state index in [1.54, 1.807) is 19.1 Å². The van der Waals surface area contributed by atoms with Gasteiger partial charge >= 0.3 is 5.97 Å². The van der Waals surface area contributed by atoms with E-state index in [0.29, 0.717) is 28.9 Å². The van der Waals surface area contributed by atoms with Crippen LogP contribution < -0.4 is 10.2 Å². The summed E-state index contributed by atoms with van der Waals surface area (Å²) in [5.41, 5.74) is 6.82. The average Bonchev–Trinajstić information content (AvgIpc) is 3.37. The molecule has 43 heavy (non-hydrogen) atoms. The van der Waals surface area contributed by atoms with Gasteiger partial charge in [0.05, 0.1) is 41.0 Å². The summed E-state index contributed by atoms with van der Waals surface area (Å²) in [6.45, 7) is 4.13. The second-order valence-electron chi connectivity index (χ2n) is 10.2. The molecule has 212 valence electrons. The first-order valence-electron chi connectivity index (χ1n) is 14.0. The summed E-state index contributed by atoms with van der Waals surface area (Å²) in [7, 11) is 0. The first-order valence-corrected chi connectivity index (χ1v) is 14.4. The fourth-order valence-corrected chi connectivity index (χ4v) is 5.67. The van der Waals surface area contributed by atoms with Gasteiger partial charge in [-0.2, -0.15) is 5.10 Å². The van der Waals surface area contributed by atoms with Crippen LogP contribution in [0.1, 0.15) is 40.1 Å². The van der Waals surface area contributed by atoms with Gasteiger partial charge in [-0.15, -0.1) is 0 Å². The van der Waals surface area contributed by atoms with Gasteiger partial charge in [0, 0.05) is 16.3 Å². The predicted molar refractivity (Wildman–Crippen MR) is 171 cm³/mol. The predicted octanol–water partition coefficient (Wildman–Crippen LogP) is 7.81. The molecule has 0 radical (unpaired) electrons. The van der Waals surface area contributed by atoms with E-state index in [1.165, 1.54) is 0 Å². The lowest BCUT2D eigenvalue weighted by molar-refractivity contribution is 0.0526. The molecular weight excluding hydrogens is 560 g/mol. The van der Waals surface area contributed by atoms with Crippen LogP contribution in [0.3, 0.4) is 0 Å². The van der Waals surface area contributed by atoms with Crippen LogP contribution in [0.4, 0.5) is 22.9 Å². The average molecular weight is 587 g/mol. The third-order valence-electron chi connectivity index (χ3n) is 7.48. The standard InChI is InChI=1S/C34H27ClN6O2/c1-3-43-34(42)23-15-19-25(20-16-23)36-31-33-38-32-29(21(2)39-41(32)26-9-5-4-6-10-26)30(22-13-17-24(35)18-14-22)40(33)28-12-8-7-11-27(28)37-31/h4-20,30H,3H2,1-2H3,(H,36,37). The molecule has 0 bridgehead atoms. The second-order valence-corrected chi connectivity index (χ2v) is 10.6. The molecule has 4 aromatic carbocycles. The number of anilines is 2. The number of halogens is 1. The van der Waals surface area contributed by atoms with E-state index in [-0.39, 0.29) is 12.0 Å². The fourth-order valence-electron chi connectivity index (χ4n) is 5.55. The van der Waals surface area contributed by atoms with Crippen molar-refractivity contribution in [2.24, 2.45) is 9.98 Å². The maximum atomic E-state index is 12.2. The van der Waals surface area contributed by atoms with Gasteiger partial charge in [0.25, 0.3) is 0 Å². The number of nitrogens with one attached hydrogen (secondary N) is 1. The molecule has 0 saturated heterocycles. The van der Waals surface area contributed by atoms with Crippen molar-refractivity contribution >= 4 is 52.1 Å². The number of amidine groups is 2. The minimum absolute atomic E-state index is 0.253. The molecule has 0 amide bonds. The lowest BCUT2D eigenvalue weighted by Gasteiger charge is -2.40. The van der Waals surface area contributed by atoms with Crippen LogP contribution in [0, 0.1) is 6.92 Å². The van der Waals surface area contributed by atoms with Crippen LogP contribution in [-0.4, -0.2) is 34.0 Å². The van der Waals surface area contributed by atoms with Crippen molar-refractivity contribution in [1.29, 1.82) is 0 Å². The quantitative estimate of drug-likeness (QED) is 0.212. The Morgan fingerprint density at radius 1 is 0.907 bits per heavy atom. The maximum Gasteiger partial charge on any atom is 0.338 e. The SMILES string of the molecule is CCOC(=O)c1ccc(NC2=Nc3ccccc3N3C2=Nc2c(c(C)nn2-c2ccccc2)C3c2ccc(Cl)cc2)cc1. The zero-order valence-electron chi connectivity index (χ0n) is 23.5. The number of carbonyl (C=O) groups is 1. The van der Waals surface area contributed by atoms with E-state index in [0.717, 1.165) is 45.4 Å². The molecule has 8 nitrogen and oxygen atoms in total. The molecule has 1 unspecified atom stereocenters. The number of aryl methyl sites for hydroxylation is 1. The summed E-state index contributed by atoms with van der Waals surface area (Å²) >= 11 is 6.33. The molecular formula is C34H27ClN6O2. The van der Waals surface area contributed by atoms with Crippen molar-refractivity contribution in [2.75, 3.05) is 16.8 Å². The summed E-state index contributed by atoms with van der Waals surface area (Å²) in [6, 6.07) is 32.8. The van der Waals surface area contributed by atoms with Crippen LogP contribution >= 0.6 is 11.6 Å². The third kappa shape index (κ3) is 4.75. The van der Waals surface area contributed by atoms with Gasteiger partial charge in [-0.05, 0) is 80.1 Å². The molecule has 1 N–H and O–H groups in total. The van der Waals surface area contributed by atoms with Gasteiger partial charge in [0.1, 0.15) is 0 Å². The molecule has 0 aliphatic carbocycles. The summed E-state index contributed by atoms with van der Waals surface area (Å²) in [6.07, 6.45) is 0. The van der Waals surface area contributed by atoms with Crippen molar-refractivity contribution in [3.05, 3.63) is 131 Å².